The maximum absolute atomic E-state index is 13.0. The van der Waals surface area contributed by atoms with E-state index in [2.05, 4.69) is 9.97 Å². The molecule has 0 atom stereocenters. The third-order valence-corrected chi connectivity index (χ3v) is 5.27. The molecular formula is C20H14N2O4S. The molecule has 0 aliphatic heterocycles. The Hall–Kier alpha value is -3.19. The number of benzene rings is 2. The molecule has 4 rings (SSSR count). The van der Waals surface area contributed by atoms with E-state index in [1.165, 1.54) is 18.7 Å². The first-order valence-electron chi connectivity index (χ1n) is 8.21. The lowest BCUT2D eigenvalue weighted by molar-refractivity contribution is -0.132. The van der Waals surface area contributed by atoms with Gasteiger partial charge in [-0.2, -0.15) is 0 Å². The minimum Gasteiger partial charge on any atom is -0.478 e. The Balaban J connectivity index is 1.74. The van der Waals surface area contributed by atoms with E-state index in [0.717, 1.165) is 0 Å². The van der Waals surface area contributed by atoms with Gasteiger partial charge >= 0.3 is 5.97 Å². The van der Waals surface area contributed by atoms with E-state index in [4.69, 9.17) is 5.11 Å². The fraction of sp³-hybridized carbons (Fsp3) is 0.100. The third-order valence-electron chi connectivity index (χ3n) is 4.47. The van der Waals surface area contributed by atoms with E-state index < -0.39 is 5.97 Å². The number of nitrogens with one attached hydrogen (secondary N) is 1. The van der Waals surface area contributed by atoms with E-state index in [9.17, 15) is 14.4 Å². The summed E-state index contributed by atoms with van der Waals surface area (Å²) in [4.78, 5) is 44.1. The standard InChI is InChI=1S/C20H14N2O4S/c1-10(19(25)26)8-9-27-20-21-14-7-6-13-15(16(14)22-20)18(24)12-5-3-2-4-11(12)17(13)23/h2-8H,9H2,1H3,(H,21,22)(H,25,26). The molecule has 1 aromatic heterocycles. The fourth-order valence-electron chi connectivity index (χ4n) is 3.04. The Kier molecular flexibility index (Phi) is 4.16. The Morgan fingerprint density at radius 1 is 1.11 bits per heavy atom. The van der Waals surface area contributed by atoms with Gasteiger partial charge in [0.2, 0.25) is 0 Å². The summed E-state index contributed by atoms with van der Waals surface area (Å²) < 4.78 is 0. The van der Waals surface area contributed by atoms with Gasteiger partial charge in [-0.1, -0.05) is 42.1 Å². The minimum absolute atomic E-state index is 0.175. The predicted octanol–water partition coefficient (Wildman–Crippen LogP) is 3.46. The van der Waals surface area contributed by atoms with Gasteiger partial charge in [-0.3, -0.25) is 9.59 Å². The lowest BCUT2D eigenvalue weighted by atomic mass is 9.83. The van der Waals surface area contributed by atoms with Crippen LogP contribution in [0.15, 0.2) is 53.2 Å². The van der Waals surface area contributed by atoms with Gasteiger partial charge in [-0.25, -0.2) is 9.78 Å². The first kappa shape index (κ1) is 17.2. The fourth-order valence-corrected chi connectivity index (χ4v) is 3.87. The summed E-state index contributed by atoms with van der Waals surface area (Å²) in [7, 11) is 0. The number of thioether (sulfide) groups is 1. The highest BCUT2D eigenvalue weighted by molar-refractivity contribution is 7.99. The lowest BCUT2D eigenvalue weighted by Gasteiger charge is -2.17. The number of carbonyl (C=O) groups excluding carboxylic acids is 2. The highest BCUT2D eigenvalue weighted by atomic mass is 32.2. The van der Waals surface area contributed by atoms with Crippen molar-refractivity contribution in [1.82, 2.24) is 9.97 Å². The summed E-state index contributed by atoms with van der Waals surface area (Å²) in [6.45, 7) is 1.53. The van der Waals surface area contributed by atoms with Crippen molar-refractivity contribution in [2.75, 3.05) is 5.75 Å². The number of aliphatic carboxylic acids is 1. The van der Waals surface area contributed by atoms with E-state index in [1.54, 1.807) is 42.5 Å². The number of rotatable bonds is 4. The molecule has 0 radical (unpaired) electrons. The van der Waals surface area contributed by atoms with Gasteiger partial charge in [0.1, 0.15) is 0 Å². The van der Waals surface area contributed by atoms with Crippen molar-refractivity contribution in [3.8, 4) is 0 Å². The molecule has 0 fully saturated rings. The summed E-state index contributed by atoms with van der Waals surface area (Å²) in [5, 5.41) is 9.45. The highest BCUT2D eigenvalue weighted by Gasteiger charge is 2.31. The molecule has 1 aliphatic rings. The molecule has 0 saturated carbocycles. The number of hydrogen-bond donors (Lipinski definition) is 2. The van der Waals surface area contributed by atoms with Gasteiger partial charge in [0.05, 0.1) is 16.6 Å². The molecule has 1 aliphatic carbocycles. The van der Waals surface area contributed by atoms with Crippen molar-refractivity contribution < 1.29 is 19.5 Å². The van der Waals surface area contributed by atoms with E-state index >= 15 is 0 Å². The molecule has 7 heteroatoms. The molecular weight excluding hydrogens is 364 g/mol. The number of imidazole rings is 1. The summed E-state index contributed by atoms with van der Waals surface area (Å²) in [6, 6.07) is 10.1. The van der Waals surface area contributed by atoms with Crippen molar-refractivity contribution >= 4 is 40.3 Å². The van der Waals surface area contributed by atoms with Crippen LogP contribution >= 0.6 is 11.8 Å². The molecule has 0 bridgehead atoms. The van der Waals surface area contributed by atoms with Crippen molar-refractivity contribution in [3.63, 3.8) is 0 Å². The number of carbonyl (C=O) groups is 3. The van der Waals surface area contributed by atoms with Crippen LogP contribution in [0.4, 0.5) is 0 Å². The van der Waals surface area contributed by atoms with Crippen LogP contribution in [0.1, 0.15) is 38.8 Å². The number of carboxylic acid groups (broad SMARTS) is 1. The van der Waals surface area contributed by atoms with Crippen LogP contribution in [-0.4, -0.2) is 38.4 Å². The Morgan fingerprint density at radius 2 is 1.81 bits per heavy atom. The van der Waals surface area contributed by atoms with Gasteiger partial charge in [0.15, 0.2) is 16.7 Å². The largest absolute Gasteiger partial charge is 0.478 e. The van der Waals surface area contributed by atoms with Gasteiger partial charge in [-0.05, 0) is 19.1 Å². The molecule has 0 unspecified atom stereocenters. The lowest BCUT2D eigenvalue weighted by Crippen LogP contribution is -2.21. The number of ketones is 2. The molecule has 3 aromatic rings. The second-order valence-corrected chi connectivity index (χ2v) is 7.14. The van der Waals surface area contributed by atoms with Crippen LogP contribution in [0, 0.1) is 0 Å². The minimum atomic E-state index is -0.961. The van der Waals surface area contributed by atoms with Crippen LogP contribution in [-0.2, 0) is 4.79 Å². The maximum atomic E-state index is 13.0. The molecule has 6 nitrogen and oxygen atoms in total. The SMILES string of the molecule is CC(=CCSc1nc2ccc3c(c2[nH]1)C(=O)c1ccccc1C3=O)C(=O)O. The highest BCUT2D eigenvalue weighted by Crippen LogP contribution is 2.32. The van der Waals surface area contributed by atoms with E-state index in [1.807, 2.05) is 0 Å². The Labute approximate surface area is 158 Å². The zero-order valence-electron chi connectivity index (χ0n) is 14.3. The third kappa shape index (κ3) is 2.86. The normalized spacial score (nSPS) is 13.6. The van der Waals surface area contributed by atoms with Gasteiger partial charge in [-0.15, -0.1) is 0 Å². The molecule has 2 aromatic carbocycles. The average molecular weight is 378 g/mol. The van der Waals surface area contributed by atoms with Crippen LogP contribution < -0.4 is 0 Å². The molecule has 1 heterocycles. The number of fused-ring (bicyclic) bond motifs is 4. The quantitative estimate of drug-likeness (QED) is 0.417. The topological polar surface area (TPSA) is 100 Å². The van der Waals surface area contributed by atoms with Gasteiger partial charge < -0.3 is 10.1 Å². The molecule has 2 N–H and O–H groups in total. The number of carboxylic acids is 1. The zero-order valence-corrected chi connectivity index (χ0v) is 15.1. The smallest absolute Gasteiger partial charge is 0.330 e. The van der Waals surface area contributed by atoms with Crippen LogP contribution in [0.5, 0.6) is 0 Å². The average Bonchev–Trinajstić information content (AvgIpc) is 3.08. The summed E-state index contributed by atoms with van der Waals surface area (Å²) in [6.07, 6.45) is 1.60. The predicted molar refractivity (Wildman–Crippen MR) is 102 cm³/mol. The number of H-pyrrole nitrogens is 1. The summed E-state index contributed by atoms with van der Waals surface area (Å²) >= 11 is 1.33. The van der Waals surface area contributed by atoms with E-state index in [0.29, 0.717) is 44.2 Å². The molecule has 0 saturated heterocycles. The van der Waals surface area contributed by atoms with Crippen molar-refractivity contribution in [2.45, 2.75) is 12.1 Å². The molecule has 0 amide bonds. The monoisotopic (exact) mass is 378 g/mol. The maximum Gasteiger partial charge on any atom is 0.330 e. The van der Waals surface area contributed by atoms with Crippen molar-refractivity contribution in [2.24, 2.45) is 0 Å². The van der Waals surface area contributed by atoms with Crippen molar-refractivity contribution in [1.29, 1.82) is 0 Å². The zero-order chi connectivity index (χ0) is 19.1. The van der Waals surface area contributed by atoms with Gasteiger partial charge in [0, 0.05) is 28.0 Å². The van der Waals surface area contributed by atoms with Crippen LogP contribution in [0.3, 0.4) is 0 Å². The summed E-state index contributed by atoms with van der Waals surface area (Å²) in [5.74, 6) is -0.911. The number of hydrogen-bond acceptors (Lipinski definition) is 5. The number of aromatic nitrogens is 2. The van der Waals surface area contributed by atoms with Crippen molar-refractivity contribution in [3.05, 3.63) is 70.3 Å². The van der Waals surface area contributed by atoms with Crippen LogP contribution in [0.2, 0.25) is 0 Å². The first-order chi connectivity index (χ1) is 13.0. The Morgan fingerprint density at radius 3 is 2.52 bits per heavy atom. The Bertz CT molecular complexity index is 1160. The molecule has 27 heavy (non-hydrogen) atoms. The van der Waals surface area contributed by atoms with E-state index in [-0.39, 0.29) is 17.1 Å². The molecule has 0 spiro atoms. The number of aromatic amines is 1. The second-order valence-electron chi connectivity index (χ2n) is 6.13. The first-order valence-corrected chi connectivity index (χ1v) is 9.20. The van der Waals surface area contributed by atoms with Gasteiger partial charge in [0.25, 0.3) is 0 Å². The van der Waals surface area contributed by atoms with Crippen LogP contribution in [0.25, 0.3) is 11.0 Å². The molecule has 134 valence electrons. The summed E-state index contributed by atoms with van der Waals surface area (Å²) in [5.41, 5.74) is 2.90. The second kappa shape index (κ2) is 6.51. The number of nitrogens with zero attached hydrogens (tertiary/aromatic N) is 1.